The maximum atomic E-state index is 13.2. The fourth-order valence-electron chi connectivity index (χ4n) is 4.05. The molecular formula is C23H31ClN4O. The van der Waals surface area contributed by atoms with Gasteiger partial charge in [-0.1, -0.05) is 29.8 Å². The lowest BCUT2D eigenvalue weighted by Gasteiger charge is -2.28. The highest BCUT2D eigenvalue weighted by molar-refractivity contribution is 6.30. The molecule has 156 valence electrons. The van der Waals surface area contributed by atoms with Crippen LogP contribution in [0, 0.1) is 6.92 Å². The van der Waals surface area contributed by atoms with E-state index in [2.05, 4.69) is 21.3 Å². The van der Waals surface area contributed by atoms with Gasteiger partial charge in [0.05, 0.1) is 11.7 Å². The number of rotatable bonds is 8. The van der Waals surface area contributed by atoms with Crippen molar-refractivity contribution in [1.82, 2.24) is 20.1 Å². The first-order chi connectivity index (χ1) is 14.0. The Morgan fingerprint density at radius 1 is 1.24 bits per heavy atom. The molecule has 5 nitrogen and oxygen atoms in total. The molecule has 1 amide bonds. The van der Waals surface area contributed by atoms with Crippen molar-refractivity contribution in [3.8, 4) is 0 Å². The third-order valence-corrected chi connectivity index (χ3v) is 5.79. The van der Waals surface area contributed by atoms with Crippen LogP contribution >= 0.6 is 11.6 Å². The Labute approximate surface area is 179 Å². The summed E-state index contributed by atoms with van der Waals surface area (Å²) in [5.41, 5.74) is 3.19. The third-order valence-electron chi connectivity index (χ3n) is 5.56. The molecule has 0 bridgehead atoms. The monoisotopic (exact) mass is 414 g/mol. The van der Waals surface area contributed by atoms with E-state index in [1.807, 2.05) is 62.1 Å². The van der Waals surface area contributed by atoms with E-state index in [9.17, 15) is 4.79 Å². The van der Waals surface area contributed by atoms with Gasteiger partial charge >= 0.3 is 0 Å². The molecule has 0 aliphatic carbocycles. The molecular weight excluding hydrogens is 384 g/mol. The molecule has 6 heteroatoms. The fraction of sp³-hybridized carbons (Fsp3) is 0.478. The van der Waals surface area contributed by atoms with Crippen LogP contribution in [0.3, 0.4) is 0 Å². The van der Waals surface area contributed by atoms with Crippen LogP contribution < -0.4 is 5.32 Å². The molecule has 29 heavy (non-hydrogen) atoms. The first-order valence-corrected chi connectivity index (χ1v) is 10.8. The van der Waals surface area contributed by atoms with E-state index in [1.165, 1.54) is 0 Å². The number of aromatic nitrogens is 1. The lowest BCUT2D eigenvalue weighted by Crippen LogP contribution is -2.45. The van der Waals surface area contributed by atoms with E-state index in [0.29, 0.717) is 6.54 Å². The number of likely N-dealkylation sites (tertiary alicyclic amines) is 1. The van der Waals surface area contributed by atoms with Crippen molar-refractivity contribution < 1.29 is 4.79 Å². The van der Waals surface area contributed by atoms with E-state index in [1.54, 1.807) is 0 Å². The van der Waals surface area contributed by atoms with Crippen molar-refractivity contribution in [2.75, 3.05) is 19.6 Å². The standard InChI is InChI=1S/C23H31ClN4O/c1-4-27(5-2)23(29)22-13-21(25-14-20-11-6-8-17(3)26-20)16-28(22)15-18-9-7-10-19(24)12-18/h6-12,21-22,25H,4-5,13-16H2,1-3H3/t21-,22+/m1/s1. The Balaban J connectivity index is 1.71. The van der Waals surface area contributed by atoms with Crippen LogP contribution in [-0.4, -0.2) is 52.4 Å². The molecule has 1 N–H and O–H groups in total. The molecule has 2 aromatic rings. The minimum Gasteiger partial charge on any atom is -0.342 e. The maximum absolute atomic E-state index is 13.2. The van der Waals surface area contributed by atoms with Crippen molar-refractivity contribution >= 4 is 17.5 Å². The number of likely N-dealkylation sites (N-methyl/N-ethyl adjacent to an activating group) is 1. The second-order valence-corrected chi connectivity index (χ2v) is 8.11. The Morgan fingerprint density at radius 2 is 2.00 bits per heavy atom. The average Bonchev–Trinajstić information content (AvgIpc) is 3.10. The van der Waals surface area contributed by atoms with Gasteiger partial charge in [0.2, 0.25) is 5.91 Å². The van der Waals surface area contributed by atoms with Crippen LogP contribution in [0.5, 0.6) is 0 Å². The zero-order valence-electron chi connectivity index (χ0n) is 17.6. The number of hydrogen-bond acceptors (Lipinski definition) is 4. The first-order valence-electron chi connectivity index (χ1n) is 10.4. The Morgan fingerprint density at radius 3 is 2.69 bits per heavy atom. The molecule has 1 aliphatic heterocycles. The largest absolute Gasteiger partial charge is 0.342 e. The SMILES string of the molecule is CCN(CC)C(=O)[C@@H]1C[C@@H](NCc2cccc(C)n2)CN1Cc1cccc(Cl)c1. The second kappa shape index (κ2) is 10.2. The summed E-state index contributed by atoms with van der Waals surface area (Å²) < 4.78 is 0. The molecule has 0 unspecified atom stereocenters. The highest BCUT2D eigenvalue weighted by atomic mass is 35.5. The maximum Gasteiger partial charge on any atom is 0.239 e. The number of nitrogens with one attached hydrogen (secondary N) is 1. The predicted octanol–water partition coefficient (Wildman–Crippen LogP) is 3.64. The number of nitrogens with zero attached hydrogens (tertiary/aromatic N) is 3. The van der Waals surface area contributed by atoms with Crippen molar-refractivity contribution in [2.45, 2.75) is 52.4 Å². The van der Waals surface area contributed by atoms with Gasteiger partial charge < -0.3 is 10.2 Å². The van der Waals surface area contributed by atoms with Crippen LogP contribution in [0.25, 0.3) is 0 Å². The minimum atomic E-state index is -0.114. The normalized spacial score (nSPS) is 19.4. The van der Waals surface area contributed by atoms with Crippen molar-refractivity contribution in [3.05, 3.63) is 64.4 Å². The number of amides is 1. The molecule has 0 radical (unpaired) electrons. The summed E-state index contributed by atoms with van der Waals surface area (Å²) in [7, 11) is 0. The fourth-order valence-corrected chi connectivity index (χ4v) is 4.26. The van der Waals surface area contributed by atoms with Crippen molar-refractivity contribution in [2.24, 2.45) is 0 Å². The van der Waals surface area contributed by atoms with Crippen LogP contribution in [0.2, 0.25) is 5.02 Å². The topological polar surface area (TPSA) is 48.5 Å². The highest BCUT2D eigenvalue weighted by Gasteiger charge is 2.38. The molecule has 0 spiro atoms. The number of pyridine rings is 1. The summed E-state index contributed by atoms with van der Waals surface area (Å²) >= 11 is 6.17. The molecule has 1 aromatic carbocycles. The summed E-state index contributed by atoms with van der Waals surface area (Å²) in [5.74, 6) is 0.218. The van der Waals surface area contributed by atoms with Crippen LogP contribution in [0.4, 0.5) is 0 Å². The van der Waals surface area contributed by atoms with E-state index in [0.717, 1.165) is 54.6 Å². The van der Waals surface area contributed by atoms with Crippen molar-refractivity contribution in [1.29, 1.82) is 0 Å². The van der Waals surface area contributed by atoms with E-state index in [4.69, 9.17) is 11.6 Å². The van der Waals surface area contributed by atoms with Gasteiger partial charge in [-0.15, -0.1) is 0 Å². The third kappa shape index (κ3) is 5.78. The van der Waals surface area contributed by atoms with E-state index < -0.39 is 0 Å². The highest BCUT2D eigenvalue weighted by Crippen LogP contribution is 2.24. The smallest absolute Gasteiger partial charge is 0.239 e. The van der Waals surface area contributed by atoms with Crippen LogP contribution in [-0.2, 0) is 17.9 Å². The van der Waals surface area contributed by atoms with Crippen LogP contribution in [0.15, 0.2) is 42.5 Å². The summed E-state index contributed by atoms with van der Waals surface area (Å²) in [6.07, 6.45) is 0.807. The van der Waals surface area contributed by atoms with Gasteiger partial charge in [-0.25, -0.2) is 0 Å². The lowest BCUT2D eigenvalue weighted by atomic mass is 10.1. The number of benzene rings is 1. The van der Waals surface area contributed by atoms with Crippen molar-refractivity contribution in [3.63, 3.8) is 0 Å². The zero-order chi connectivity index (χ0) is 20.8. The molecule has 1 aliphatic rings. The molecule has 0 saturated carbocycles. The van der Waals surface area contributed by atoms with Gasteiger partial charge in [-0.3, -0.25) is 14.7 Å². The molecule has 1 saturated heterocycles. The minimum absolute atomic E-state index is 0.114. The van der Waals surface area contributed by atoms with Gasteiger partial charge in [0.15, 0.2) is 0 Å². The molecule has 2 atom stereocenters. The number of aryl methyl sites for hydroxylation is 1. The Bertz CT molecular complexity index is 824. The lowest BCUT2D eigenvalue weighted by molar-refractivity contribution is -0.135. The van der Waals surface area contributed by atoms with E-state index in [-0.39, 0.29) is 18.0 Å². The summed E-state index contributed by atoms with van der Waals surface area (Å²) in [6.45, 7) is 9.82. The first kappa shape index (κ1) is 21.8. The zero-order valence-corrected chi connectivity index (χ0v) is 18.3. The van der Waals surface area contributed by atoms with Crippen LogP contribution in [0.1, 0.15) is 37.2 Å². The average molecular weight is 415 g/mol. The van der Waals surface area contributed by atoms with Gasteiger partial charge in [-0.2, -0.15) is 0 Å². The Hall–Kier alpha value is -1.95. The summed E-state index contributed by atoms with van der Waals surface area (Å²) in [5, 5.41) is 4.34. The number of halogens is 1. The number of hydrogen-bond donors (Lipinski definition) is 1. The van der Waals surface area contributed by atoms with Gasteiger partial charge in [0.1, 0.15) is 0 Å². The Kier molecular flexibility index (Phi) is 7.64. The molecule has 1 aromatic heterocycles. The van der Waals surface area contributed by atoms with Gasteiger partial charge in [0, 0.05) is 49.5 Å². The molecule has 3 rings (SSSR count). The van der Waals surface area contributed by atoms with Gasteiger partial charge in [-0.05, 0) is 57.0 Å². The van der Waals surface area contributed by atoms with E-state index >= 15 is 0 Å². The predicted molar refractivity (Wildman–Crippen MR) is 118 cm³/mol. The number of carbonyl (C=O) groups excluding carboxylic acids is 1. The summed E-state index contributed by atoms with van der Waals surface area (Å²) in [6, 6.07) is 14.1. The quantitative estimate of drug-likeness (QED) is 0.716. The second-order valence-electron chi connectivity index (χ2n) is 7.67. The molecule has 1 fully saturated rings. The molecule has 2 heterocycles. The number of carbonyl (C=O) groups is 1. The van der Waals surface area contributed by atoms with Gasteiger partial charge in [0.25, 0.3) is 0 Å². The summed E-state index contributed by atoms with van der Waals surface area (Å²) in [4.78, 5) is 21.9.